The third-order valence-electron chi connectivity index (χ3n) is 3.61. The number of nitrogens with one attached hydrogen (secondary N) is 2. The van der Waals surface area contributed by atoms with Crippen molar-refractivity contribution in [2.75, 3.05) is 0 Å². The van der Waals surface area contributed by atoms with Crippen molar-refractivity contribution in [3.63, 3.8) is 0 Å². The van der Waals surface area contributed by atoms with Gasteiger partial charge < -0.3 is 5.32 Å². The van der Waals surface area contributed by atoms with Crippen LogP contribution >= 0.6 is 0 Å². The molecule has 94 valence electrons. The normalized spacial score (nSPS) is 23.4. The van der Waals surface area contributed by atoms with Crippen molar-refractivity contribution in [3.8, 4) is 0 Å². The van der Waals surface area contributed by atoms with Crippen LogP contribution in [0.25, 0.3) is 0 Å². The van der Waals surface area contributed by atoms with E-state index in [1.54, 1.807) is 6.20 Å². The average molecular weight is 235 g/mol. The minimum atomic E-state index is -0.000972. The van der Waals surface area contributed by atoms with E-state index in [4.69, 9.17) is 0 Å². The number of aromatic nitrogens is 2. The minimum absolute atomic E-state index is 0.000972. The second-order valence-electron chi connectivity index (χ2n) is 5.84. The highest BCUT2D eigenvalue weighted by atomic mass is 16.1. The Labute approximate surface area is 102 Å². The number of H-pyrrole nitrogens is 1. The van der Waals surface area contributed by atoms with Crippen LogP contribution in [-0.2, 0) is 0 Å². The van der Waals surface area contributed by atoms with Crippen molar-refractivity contribution in [2.45, 2.75) is 52.5 Å². The zero-order valence-corrected chi connectivity index (χ0v) is 10.8. The van der Waals surface area contributed by atoms with Gasteiger partial charge in [-0.05, 0) is 31.6 Å². The minimum Gasteiger partial charge on any atom is -0.349 e. The predicted octanol–water partition coefficient (Wildman–Crippen LogP) is 2.42. The molecule has 1 heterocycles. The van der Waals surface area contributed by atoms with Crippen LogP contribution in [0.4, 0.5) is 0 Å². The monoisotopic (exact) mass is 235 g/mol. The molecule has 0 saturated heterocycles. The second kappa shape index (κ2) is 4.51. The maximum absolute atomic E-state index is 12.0. The smallest absolute Gasteiger partial charge is 0.254 e. The van der Waals surface area contributed by atoms with E-state index in [0.717, 1.165) is 18.5 Å². The quantitative estimate of drug-likeness (QED) is 0.827. The number of carbonyl (C=O) groups is 1. The van der Waals surface area contributed by atoms with Gasteiger partial charge in [-0.1, -0.05) is 20.3 Å². The molecule has 1 aromatic heterocycles. The summed E-state index contributed by atoms with van der Waals surface area (Å²) in [5, 5.41) is 9.79. The Hall–Kier alpha value is -1.32. The topological polar surface area (TPSA) is 57.8 Å². The van der Waals surface area contributed by atoms with Crippen molar-refractivity contribution in [1.82, 2.24) is 15.5 Å². The molecule has 1 atom stereocenters. The van der Waals surface area contributed by atoms with Gasteiger partial charge in [0.2, 0.25) is 0 Å². The number of hydrogen-bond donors (Lipinski definition) is 2. The van der Waals surface area contributed by atoms with E-state index in [9.17, 15) is 4.79 Å². The van der Waals surface area contributed by atoms with E-state index in [-0.39, 0.29) is 5.91 Å². The highest BCUT2D eigenvalue weighted by Gasteiger charge is 2.29. The molecule has 0 aromatic carbocycles. The van der Waals surface area contributed by atoms with Crippen molar-refractivity contribution >= 4 is 5.91 Å². The van der Waals surface area contributed by atoms with Gasteiger partial charge in [-0.2, -0.15) is 5.10 Å². The molecule has 0 bridgehead atoms. The third-order valence-corrected chi connectivity index (χ3v) is 3.61. The number of nitrogens with zero attached hydrogens (tertiary/aromatic N) is 1. The molecule has 1 amide bonds. The van der Waals surface area contributed by atoms with Gasteiger partial charge in [0, 0.05) is 11.7 Å². The van der Waals surface area contributed by atoms with Crippen molar-refractivity contribution in [3.05, 3.63) is 17.5 Å². The lowest BCUT2D eigenvalue weighted by Gasteiger charge is -2.35. The third kappa shape index (κ3) is 2.87. The lowest BCUT2D eigenvalue weighted by molar-refractivity contribution is 0.0902. The van der Waals surface area contributed by atoms with Crippen LogP contribution in [0.5, 0.6) is 0 Å². The molecular formula is C13H21N3O. The van der Waals surface area contributed by atoms with Gasteiger partial charge in [-0.25, -0.2) is 0 Å². The Balaban J connectivity index is 1.98. The van der Waals surface area contributed by atoms with E-state index >= 15 is 0 Å². The van der Waals surface area contributed by atoms with Gasteiger partial charge in [-0.3, -0.25) is 9.89 Å². The standard InChI is InChI=1S/C13H21N3O/c1-9-11(8-14-16-9)12(17)15-10-5-4-6-13(2,3)7-10/h8,10H,4-7H2,1-3H3,(H,14,16)(H,15,17). The van der Waals surface area contributed by atoms with Crippen LogP contribution in [-0.4, -0.2) is 22.1 Å². The first-order valence-corrected chi connectivity index (χ1v) is 6.29. The molecule has 1 aromatic rings. The van der Waals surface area contributed by atoms with E-state index in [2.05, 4.69) is 29.4 Å². The molecule has 0 radical (unpaired) electrons. The molecule has 0 aliphatic heterocycles. The molecule has 17 heavy (non-hydrogen) atoms. The Morgan fingerprint density at radius 3 is 2.94 bits per heavy atom. The maximum atomic E-state index is 12.0. The molecule has 1 saturated carbocycles. The van der Waals surface area contributed by atoms with Crippen LogP contribution in [0, 0.1) is 12.3 Å². The van der Waals surface area contributed by atoms with Crippen molar-refractivity contribution < 1.29 is 4.79 Å². The Bertz CT molecular complexity index is 409. The number of hydrogen-bond acceptors (Lipinski definition) is 2. The highest BCUT2D eigenvalue weighted by Crippen LogP contribution is 2.35. The second-order valence-corrected chi connectivity index (χ2v) is 5.84. The molecule has 4 heteroatoms. The van der Waals surface area contributed by atoms with Gasteiger partial charge in [-0.15, -0.1) is 0 Å². The van der Waals surface area contributed by atoms with Gasteiger partial charge in [0.25, 0.3) is 5.91 Å². The van der Waals surface area contributed by atoms with Crippen molar-refractivity contribution in [2.24, 2.45) is 5.41 Å². The summed E-state index contributed by atoms with van der Waals surface area (Å²) in [4.78, 5) is 12.0. The van der Waals surface area contributed by atoms with Crippen LogP contribution in [0.15, 0.2) is 6.20 Å². The lowest BCUT2D eigenvalue weighted by atomic mass is 9.75. The molecule has 1 aliphatic carbocycles. The first kappa shape index (κ1) is 12.1. The fourth-order valence-corrected chi connectivity index (χ4v) is 2.66. The summed E-state index contributed by atoms with van der Waals surface area (Å²) < 4.78 is 0. The maximum Gasteiger partial charge on any atom is 0.254 e. The molecule has 1 fully saturated rings. The van der Waals surface area contributed by atoms with E-state index in [1.807, 2.05) is 6.92 Å². The molecule has 1 aliphatic rings. The van der Waals surface area contributed by atoms with E-state index < -0.39 is 0 Å². The van der Waals surface area contributed by atoms with E-state index in [0.29, 0.717) is 17.0 Å². The summed E-state index contributed by atoms with van der Waals surface area (Å²) in [7, 11) is 0. The predicted molar refractivity (Wildman–Crippen MR) is 66.8 cm³/mol. The largest absolute Gasteiger partial charge is 0.349 e. The molecule has 2 N–H and O–H groups in total. The average Bonchev–Trinajstić information content (AvgIpc) is 2.62. The molecule has 1 unspecified atom stereocenters. The van der Waals surface area contributed by atoms with Crippen LogP contribution in [0.1, 0.15) is 55.6 Å². The van der Waals surface area contributed by atoms with Crippen LogP contribution in [0.2, 0.25) is 0 Å². The summed E-state index contributed by atoms with van der Waals surface area (Å²) in [6.07, 6.45) is 6.20. The SMILES string of the molecule is Cc1[nH]ncc1C(=O)NC1CCCC(C)(C)C1. The van der Waals surface area contributed by atoms with E-state index in [1.165, 1.54) is 12.8 Å². The van der Waals surface area contributed by atoms with Crippen molar-refractivity contribution in [1.29, 1.82) is 0 Å². The number of carbonyl (C=O) groups excluding carboxylic acids is 1. The Morgan fingerprint density at radius 2 is 2.35 bits per heavy atom. The summed E-state index contributed by atoms with van der Waals surface area (Å²) in [6.45, 7) is 6.41. The summed E-state index contributed by atoms with van der Waals surface area (Å²) in [5.74, 6) is -0.000972. The fourth-order valence-electron chi connectivity index (χ4n) is 2.66. The molecule has 2 rings (SSSR count). The summed E-state index contributed by atoms with van der Waals surface area (Å²) in [5.41, 5.74) is 1.84. The Kier molecular flexibility index (Phi) is 3.22. The molecule has 4 nitrogen and oxygen atoms in total. The summed E-state index contributed by atoms with van der Waals surface area (Å²) in [6, 6.07) is 0.306. The number of aromatic amines is 1. The zero-order valence-electron chi connectivity index (χ0n) is 10.8. The Morgan fingerprint density at radius 1 is 1.59 bits per heavy atom. The van der Waals surface area contributed by atoms with Gasteiger partial charge in [0.1, 0.15) is 0 Å². The van der Waals surface area contributed by atoms with Gasteiger partial charge >= 0.3 is 0 Å². The first-order chi connectivity index (χ1) is 7.98. The van der Waals surface area contributed by atoms with Crippen LogP contribution in [0.3, 0.4) is 0 Å². The lowest BCUT2D eigenvalue weighted by Crippen LogP contribution is -2.40. The molecule has 0 spiro atoms. The number of amides is 1. The van der Waals surface area contributed by atoms with Crippen LogP contribution < -0.4 is 5.32 Å². The first-order valence-electron chi connectivity index (χ1n) is 6.29. The van der Waals surface area contributed by atoms with Gasteiger partial charge in [0.05, 0.1) is 11.8 Å². The summed E-state index contributed by atoms with van der Waals surface area (Å²) >= 11 is 0. The highest BCUT2D eigenvalue weighted by molar-refractivity contribution is 5.95. The number of aryl methyl sites for hydroxylation is 1. The number of rotatable bonds is 2. The zero-order chi connectivity index (χ0) is 12.5. The molecular weight excluding hydrogens is 214 g/mol. The fraction of sp³-hybridized carbons (Fsp3) is 0.692. The van der Waals surface area contributed by atoms with Gasteiger partial charge in [0.15, 0.2) is 0 Å².